The van der Waals surface area contributed by atoms with E-state index in [0.29, 0.717) is 25.2 Å². The maximum Gasteiger partial charge on any atom is 0.269 e. The van der Waals surface area contributed by atoms with Crippen molar-refractivity contribution in [2.45, 2.75) is 6.54 Å². The lowest BCUT2D eigenvalue weighted by molar-refractivity contribution is -0.384. The van der Waals surface area contributed by atoms with E-state index in [0.717, 1.165) is 29.9 Å². The van der Waals surface area contributed by atoms with Gasteiger partial charge < -0.3 is 14.4 Å². The number of piperazine rings is 1. The number of carbonyl (C=O) groups excluding carboxylic acids is 1. The van der Waals surface area contributed by atoms with Gasteiger partial charge in [-0.3, -0.25) is 14.9 Å². The zero-order valence-corrected chi connectivity index (χ0v) is 16.9. The van der Waals surface area contributed by atoms with E-state index in [1.165, 1.54) is 12.1 Å². The minimum atomic E-state index is -0.408. The summed E-state index contributed by atoms with van der Waals surface area (Å²) in [5.74, 6) is 0.0260. The number of amides is 1. The second-order valence-electron chi connectivity index (χ2n) is 7.63. The summed E-state index contributed by atoms with van der Waals surface area (Å²) in [4.78, 5) is 27.8. The highest BCUT2D eigenvalue weighted by molar-refractivity contribution is 5.95. The quantitative estimate of drug-likeness (QED) is 0.482. The first-order valence-electron chi connectivity index (χ1n) is 9.98. The molecule has 4 rings (SSSR count). The topological polar surface area (TPSA) is 71.6 Å². The summed E-state index contributed by atoms with van der Waals surface area (Å²) in [7, 11) is 2.06. The molecule has 2 heterocycles. The summed E-state index contributed by atoms with van der Waals surface area (Å²) in [5.41, 5.74) is 3.52. The van der Waals surface area contributed by atoms with Crippen LogP contribution in [-0.4, -0.2) is 58.4 Å². The van der Waals surface area contributed by atoms with Crippen molar-refractivity contribution in [2.75, 3.05) is 33.2 Å². The first-order valence-corrected chi connectivity index (χ1v) is 9.98. The molecule has 0 unspecified atom stereocenters. The van der Waals surface area contributed by atoms with Crippen LogP contribution in [0.4, 0.5) is 5.69 Å². The first-order chi connectivity index (χ1) is 14.5. The predicted octanol–water partition coefficient (Wildman–Crippen LogP) is 3.50. The number of non-ortho nitro benzene ring substituents is 1. The van der Waals surface area contributed by atoms with Crippen LogP contribution in [0, 0.1) is 10.1 Å². The van der Waals surface area contributed by atoms with Gasteiger partial charge >= 0.3 is 0 Å². The van der Waals surface area contributed by atoms with Crippen molar-refractivity contribution >= 4 is 11.6 Å². The Labute approximate surface area is 175 Å². The summed E-state index contributed by atoms with van der Waals surface area (Å²) in [6.45, 7) is 3.78. The lowest BCUT2D eigenvalue weighted by atomic mass is 10.1. The standard InChI is InChI=1S/C23H24N4O3/c1-24-11-13-25(14-12-24)23(28)20-15-22(19-7-9-21(10-8-19)27(29)30)26(17-20)16-18-5-3-2-4-6-18/h2-10,15,17H,11-14,16H2,1H3. The average Bonchev–Trinajstić information content (AvgIpc) is 3.18. The van der Waals surface area contributed by atoms with E-state index in [4.69, 9.17) is 0 Å². The Morgan fingerprint density at radius 3 is 2.30 bits per heavy atom. The molecule has 0 aliphatic carbocycles. The van der Waals surface area contributed by atoms with Crippen LogP contribution in [0.1, 0.15) is 15.9 Å². The van der Waals surface area contributed by atoms with Crippen molar-refractivity contribution in [2.24, 2.45) is 0 Å². The molecule has 1 saturated heterocycles. The normalized spacial score (nSPS) is 14.6. The molecular formula is C23H24N4O3. The summed E-state index contributed by atoms with van der Waals surface area (Å²) < 4.78 is 2.04. The highest BCUT2D eigenvalue weighted by Gasteiger charge is 2.23. The third kappa shape index (κ3) is 4.26. The van der Waals surface area contributed by atoms with Crippen molar-refractivity contribution in [1.82, 2.24) is 14.4 Å². The van der Waals surface area contributed by atoms with E-state index in [1.54, 1.807) is 12.1 Å². The summed E-state index contributed by atoms with van der Waals surface area (Å²) in [6.07, 6.45) is 1.89. The Balaban J connectivity index is 1.67. The minimum absolute atomic E-state index is 0.0260. The number of nitrogens with zero attached hydrogens (tertiary/aromatic N) is 4. The van der Waals surface area contributed by atoms with E-state index in [2.05, 4.69) is 11.9 Å². The molecule has 0 spiro atoms. The SMILES string of the molecule is CN1CCN(C(=O)c2cc(-c3ccc([N+](=O)[O-])cc3)n(Cc3ccccc3)c2)CC1. The van der Waals surface area contributed by atoms with Crippen LogP contribution in [0.2, 0.25) is 0 Å². The molecule has 1 aliphatic rings. The second kappa shape index (κ2) is 8.51. The summed E-state index contributed by atoms with van der Waals surface area (Å²) >= 11 is 0. The Kier molecular flexibility index (Phi) is 5.63. The van der Waals surface area contributed by atoms with Crippen LogP contribution in [0.5, 0.6) is 0 Å². The molecule has 7 heteroatoms. The smallest absolute Gasteiger partial charge is 0.269 e. The monoisotopic (exact) mass is 404 g/mol. The van der Waals surface area contributed by atoms with Crippen LogP contribution < -0.4 is 0 Å². The molecule has 1 aliphatic heterocycles. The van der Waals surface area contributed by atoms with Crippen molar-refractivity contribution in [3.05, 3.63) is 88.1 Å². The molecule has 0 saturated carbocycles. The van der Waals surface area contributed by atoms with Crippen LogP contribution in [0.3, 0.4) is 0 Å². The van der Waals surface area contributed by atoms with Gasteiger partial charge in [0.15, 0.2) is 0 Å². The molecule has 3 aromatic rings. The second-order valence-corrected chi connectivity index (χ2v) is 7.63. The van der Waals surface area contributed by atoms with Gasteiger partial charge in [-0.25, -0.2) is 0 Å². The van der Waals surface area contributed by atoms with Gasteiger partial charge in [0, 0.05) is 56.7 Å². The van der Waals surface area contributed by atoms with Gasteiger partial charge in [-0.05, 0) is 36.4 Å². The molecule has 154 valence electrons. The molecule has 0 bridgehead atoms. The third-order valence-electron chi connectivity index (χ3n) is 5.50. The molecule has 2 aromatic carbocycles. The fraction of sp³-hybridized carbons (Fsp3) is 0.261. The molecule has 1 aromatic heterocycles. The number of nitro groups is 1. The fourth-order valence-electron chi connectivity index (χ4n) is 3.73. The lowest BCUT2D eigenvalue weighted by Crippen LogP contribution is -2.47. The largest absolute Gasteiger partial charge is 0.342 e. The molecule has 1 amide bonds. The highest BCUT2D eigenvalue weighted by atomic mass is 16.6. The van der Waals surface area contributed by atoms with Crippen molar-refractivity contribution < 1.29 is 9.72 Å². The Hall–Kier alpha value is -3.45. The van der Waals surface area contributed by atoms with Crippen molar-refractivity contribution in [3.63, 3.8) is 0 Å². The van der Waals surface area contributed by atoms with Gasteiger partial charge in [0.2, 0.25) is 0 Å². The lowest BCUT2D eigenvalue weighted by Gasteiger charge is -2.32. The van der Waals surface area contributed by atoms with Crippen LogP contribution in [-0.2, 0) is 6.54 Å². The van der Waals surface area contributed by atoms with E-state index in [9.17, 15) is 14.9 Å². The number of carbonyl (C=O) groups is 1. The number of rotatable bonds is 5. The van der Waals surface area contributed by atoms with Gasteiger partial charge in [0.05, 0.1) is 10.5 Å². The van der Waals surface area contributed by atoms with E-state index >= 15 is 0 Å². The van der Waals surface area contributed by atoms with Gasteiger partial charge in [0.25, 0.3) is 11.6 Å². The number of nitro benzene ring substituents is 1. The number of hydrogen-bond acceptors (Lipinski definition) is 4. The Morgan fingerprint density at radius 2 is 1.67 bits per heavy atom. The number of benzene rings is 2. The summed E-state index contributed by atoms with van der Waals surface area (Å²) in [6, 6.07) is 18.4. The number of likely N-dealkylation sites (N-methyl/N-ethyl adjacent to an activating group) is 1. The molecule has 30 heavy (non-hydrogen) atoms. The van der Waals surface area contributed by atoms with Gasteiger partial charge in [-0.1, -0.05) is 30.3 Å². The van der Waals surface area contributed by atoms with E-state index in [-0.39, 0.29) is 11.6 Å². The average molecular weight is 404 g/mol. The minimum Gasteiger partial charge on any atom is -0.342 e. The maximum absolute atomic E-state index is 13.1. The number of aromatic nitrogens is 1. The Morgan fingerprint density at radius 1 is 1.00 bits per heavy atom. The zero-order chi connectivity index (χ0) is 21.1. The molecular weight excluding hydrogens is 380 g/mol. The molecule has 0 radical (unpaired) electrons. The van der Waals surface area contributed by atoms with Gasteiger partial charge in [-0.2, -0.15) is 0 Å². The molecule has 7 nitrogen and oxygen atoms in total. The van der Waals surface area contributed by atoms with Crippen LogP contribution >= 0.6 is 0 Å². The maximum atomic E-state index is 13.1. The summed E-state index contributed by atoms with van der Waals surface area (Å²) in [5, 5.41) is 11.0. The Bertz CT molecular complexity index is 1040. The van der Waals surface area contributed by atoms with Gasteiger partial charge in [0.1, 0.15) is 0 Å². The van der Waals surface area contributed by atoms with E-state index < -0.39 is 4.92 Å². The predicted molar refractivity (Wildman–Crippen MR) is 115 cm³/mol. The molecule has 0 atom stereocenters. The molecule has 0 N–H and O–H groups in total. The van der Waals surface area contributed by atoms with Crippen molar-refractivity contribution in [3.8, 4) is 11.3 Å². The van der Waals surface area contributed by atoms with Gasteiger partial charge in [-0.15, -0.1) is 0 Å². The number of hydrogen-bond donors (Lipinski definition) is 0. The van der Waals surface area contributed by atoms with Crippen molar-refractivity contribution in [1.29, 1.82) is 0 Å². The first kappa shape index (κ1) is 19.8. The third-order valence-corrected chi connectivity index (χ3v) is 5.50. The fourth-order valence-corrected chi connectivity index (χ4v) is 3.73. The molecule has 1 fully saturated rings. The van der Waals surface area contributed by atoms with E-state index in [1.807, 2.05) is 52.1 Å². The highest BCUT2D eigenvalue weighted by Crippen LogP contribution is 2.26. The van der Waals surface area contributed by atoms with Crippen LogP contribution in [0.25, 0.3) is 11.3 Å². The van der Waals surface area contributed by atoms with Crippen LogP contribution in [0.15, 0.2) is 66.9 Å². The zero-order valence-electron chi connectivity index (χ0n) is 16.9.